The van der Waals surface area contributed by atoms with Crippen molar-refractivity contribution in [2.24, 2.45) is 0 Å². The van der Waals surface area contributed by atoms with Crippen molar-refractivity contribution in [3.8, 4) is 0 Å². The summed E-state index contributed by atoms with van der Waals surface area (Å²) in [6, 6.07) is 5.27. The number of nitrogen functional groups attached to an aromatic ring is 1. The molecule has 0 unspecified atom stereocenters. The molecule has 0 atom stereocenters. The quantitative estimate of drug-likeness (QED) is 0.493. The van der Waals surface area contributed by atoms with Crippen molar-refractivity contribution in [3.63, 3.8) is 0 Å². The van der Waals surface area contributed by atoms with E-state index in [4.69, 9.17) is 15.5 Å². The van der Waals surface area contributed by atoms with Crippen molar-refractivity contribution >= 4 is 17.3 Å². The van der Waals surface area contributed by atoms with Crippen LogP contribution in [-0.2, 0) is 9.78 Å². The van der Waals surface area contributed by atoms with Gasteiger partial charge in [-0.25, -0.2) is 4.79 Å². The molecule has 6 nitrogen and oxygen atoms in total. The summed E-state index contributed by atoms with van der Waals surface area (Å²) in [6.45, 7) is 7.19. The smallest absolute Gasteiger partial charge is 0.375 e. The molecular weight excluding hydrogens is 282 g/mol. The SMILES string of the molecule is CN(C)CCN(C)c1ccc(C(=O)OOC(C)(C)C)c(N)c1. The number of rotatable bonds is 6. The zero-order valence-electron chi connectivity index (χ0n) is 14.3. The van der Waals surface area contributed by atoms with Crippen LogP contribution in [0.1, 0.15) is 31.1 Å². The van der Waals surface area contributed by atoms with Gasteiger partial charge in [-0.2, -0.15) is 4.89 Å². The van der Waals surface area contributed by atoms with Crippen LogP contribution in [0.2, 0.25) is 0 Å². The maximum absolute atomic E-state index is 12.0. The Balaban J connectivity index is 2.74. The molecular formula is C16H27N3O3. The number of hydrogen-bond acceptors (Lipinski definition) is 6. The van der Waals surface area contributed by atoms with Crippen molar-refractivity contribution in [2.45, 2.75) is 26.4 Å². The molecule has 0 aliphatic carbocycles. The monoisotopic (exact) mass is 309 g/mol. The highest BCUT2D eigenvalue weighted by Crippen LogP contribution is 2.22. The van der Waals surface area contributed by atoms with Crippen molar-refractivity contribution in [1.29, 1.82) is 0 Å². The molecule has 0 aliphatic heterocycles. The maximum Gasteiger partial charge on any atom is 0.375 e. The van der Waals surface area contributed by atoms with Crippen LogP contribution in [0.4, 0.5) is 11.4 Å². The Labute approximate surface area is 132 Å². The fourth-order valence-electron chi connectivity index (χ4n) is 1.66. The van der Waals surface area contributed by atoms with Gasteiger partial charge in [0.1, 0.15) is 5.60 Å². The summed E-state index contributed by atoms with van der Waals surface area (Å²) in [5, 5.41) is 0. The number of carbonyl (C=O) groups is 1. The maximum atomic E-state index is 12.0. The summed E-state index contributed by atoms with van der Waals surface area (Å²) in [5.41, 5.74) is 7.03. The highest BCUT2D eigenvalue weighted by Gasteiger charge is 2.18. The van der Waals surface area contributed by atoms with E-state index in [1.165, 1.54) is 0 Å². The first-order valence-electron chi connectivity index (χ1n) is 7.25. The summed E-state index contributed by atoms with van der Waals surface area (Å²) in [5.74, 6) is -0.588. The second kappa shape index (κ2) is 7.47. The van der Waals surface area contributed by atoms with E-state index in [1.54, 1.807) is 32.9 Å². The molecule has 0 fully saturated rings. The lowest BCUT2D eigenvalue weighted by Gasteiger charge is -2.22. The van der Waals surface area contributed by atoms with Gasteiger partial charge in [-0.05, 0) is 53.1 Å². The van der Waals surface area contributed by atoms with Crippen molar-refractivity contribution in [1.82, 2.24) is 4.90 Å². The van der Waals surface area contributed by atoms with Gasteiger partial charge >= 0.3 is 5.97 Å². The van der Waals surface area contributed by atoms with Gasteiger partial charge in [0.25, 0.3) is 0 Å². The van der Waals surface area contributed by atoms with Gasteiger partial charge in [-0.15, -0.1) is 0 Å². The number of likely N-dealkylation sites (N-methyl/N-ethyl adjacent to an activating group) is 2. The number of benzene rings is 1. The van der Waals surface area contributed by atoms with E-state index in [2.05, 4.69) is 9.80 Å². The van der Waals surface area contributed by atoms with Gasteiger partial charge < -0.3 is 15.5 Å². The molecule has 0 heterocycles. The summed E-state index contributed by atoms with van der Waals surface area (Å²) in [6.07, 6.45) is 0. The average Bonchev–Trinajstić information content (AvgIpc) is 2.41. The normalized spacial score (nSPS) is 11.6. The van der Waals surface area contributed by atoms with Crippen LogP contribution in [-0.4, -0.2) is 50.7 Å². The van der Waals surface area contributed by atoms with Gasteiger partial charge in [0.05, 0.1) is 5.56 Å². The van der Waals surface area contributed by atoms with Crippen LogP contribution in [0.25, 0.3) is 0 Å². The molecule has 0 spiro atoms. The van der Waals surface area contributed by atoms with Crippen LogP contribution in [0.15, 0.2) is 18.2 Å². The average molecular weight is 309 g/mol. The molecule has 6 heteroatoms. The third kappa shape index (κ3) is 5.91. The fourth-order valence-corrected chi connectivity index (χ4v) is 1.66. The summed E-state index contributed by atoms with van der Waals surface area (Å²) < 4.78 is 0. The van der Waals surface area contributed by atoms with Crippen LogP contribution >= 0.6 is 0 Å². The molecule has 0 amide bonds. The Morgan fingerprint density at radius 2 is 1.82 bits per heavy atom. The molecule has 1 rings (SSSR count). The highest BCUT2D eigenvalue weighted by molar-refractivity contribution is 5.95. The number of anilines is 2. The molecule has 124 valence electrons. The fraction of sp³-hybridized carbons (Fsp3) is 0.562. The minimum atomic E-state index is -0.588. The van der Waals surface area contributed by atoms with Gasteiger partial charge in [0.2, 0.25) is 0 Å². The second-order valence-corrected chi connectivity index (χ2v) is 6.56. The zero-order chi connectivity index (χ0) is 16.9. The van der Waals surface area contributed by atoms with Crippen LogP contribution in [0, 0.1) is 0 Å². The third-order valence-electron chi connectivity index (χ3n) is 2.95. The molecule has 2 N–H and O–H groups in total. The molecule has 1 aromatic rings. The minimum Gasteiger partial charge on any atom is -0.398 e. The lowest BCUT2D eigenvalue weighted by molar-refractivity contribution is -0.301. The number of carbonyl (C=O) groups excluding carboxylic acids is 1. The van der Waals surface area contributed by atoms with Gasteiger partial charge in [0, 0.05) is 31.5 Å². The van der Waals surface area contributed by atoms with E-state index in [9.17, 15) is 4.79 Å². The minimum absolute atomic E-state index is 0.300. The molecule has 22 heavy (non-hydrogen) atoms. The van der Waals surface area contributed by atoms with Crippen molar-refractivity contribution in [3.05, 3.63) is 23.8 Å². The van der Waals surface area contributed by atoms with E-state index in [-0.39, 0.29) is 0 Å². The first-order chi connectivity index (χ1) is 10.1. The van der Waals surface area contributed by atoms with E-state index in [1.807, 2.05) is 27.2 Å². The molecule has 0 saturated carbocycles. The largest absolute Gasteiger partial charge is 0.398 e. The van der Waals surface area contributed by atoms with Crippen molar-refractivity contribution < 1.29 is 14.6 Å². The molecule has 0 bridgehead atoms. The Morgan fingerprint density at radius 1 is 1.18 bits per heavy atom. The molecule has 0 aromatic heterocycles. The zero-order valence-corrected chi connectivity index (χ0v) is 14.3. The second-order valence-electron chi connectivity index (χ2n) is 6.56. The summed E-state index contributed by atoms with van der Waals surface area (Å²) >= 11 is 0. The predicted molar refractivity (Wildman–Crippen MR) is 88.9 cm³/mol. The summed E-state index contributed by atoms with van der Waals surface area (Å²) in [7, 11) is 6.03. The number of nitrogens with two attached hydrogens (primary N) is 1. The van der Waals surface area contributed by atoms with Crippen LogP contribution in [0.5, 0.6) is 0 Å². The van der Waals surface area contributed by atoms with E-state index in [0.29, 0.717) is 11.3 Å². The standard InChI is InChI=1S/C16H27N3O3/c1-16(2,3)22-21-15(20)13-8-7-12(11-14(13)17)19(6)10-9-18(4)5/h7-8,11H,9-10,17H2,1-6H3. The van der Waals surface area contributed by atoms with Crippen LogP contribution in [0.3, 0.4) is 0 Å². The molecule has 1 aromatic carbocycles. The molecule has 0 saturated heterocycles. The number of hydrogen-bond donors (Lipinski definition) is 1. The Hall–Kier alpha value is -1.79. The first-order valence-corrected chi connectivity index (χ1v) is 7.25. The predicted octanol–water partition coefficient (Wildman–Crippen LogP) is 2.15. The Morgan fingerprint density at radius 3 is 2.32 bits per heavy atom. The first kappa shape index (κ1) is 18.3. The van der Waals surface area contributed by atoms with Gasteiger partial charge in [-0.3, -0.25) is 4.89 Å². The third-order valence-corrected chi connectivity index (χ3v) is 2.95. The molecule has 0 aliphatic rings. The summed E-state index contributed by atoms with van der Waals surface area (Å²) in [4.78, 5) is 26.0. The topological polar surface area (TPSA) is 68.0 Å². The van der Waals surface area contributed by atoms with Gasteiger partial charge in [-0.1, -0.05) is 0 Å². The highest BCUT2D eigenvalue weighted by atomic mass is 17.2. The Bertz CT molecular complexity index is 510. The number of nitrogens with zero attached hydrogens (tertiary/aromatic N) is 2. The van der Waals surface area contributed by atoms with E-state index < -0.39 is 11.6 Å². The lowest BCUT2D eigenvalue weighted by atomic mass is 10.1. The van der Waals surface area contributed by atoms with E-state index >= 15 is 0 Å². The molecule has 0 radical (unpaired) electrons. The van der Waals surface area contributed by atoms with Crippen LogP contribution < -0.4 is 10.6 Å². The van der Waals surface area contributed by atoms with Crippen molar-refractivity contribution in [2.75, 3.05) is 44.9 Å². The van der Waals surface area contributed by atoms with Gasteiger partial charge in [0.15, 0.2) is 0 Å². The lowest BCUT2D eigenvalue weighted by Crippen LogP contribution is -2.28. The Kier molecular flexibility index (Phi) is 6.20. The van der Waals surface area contributed by atoms with E-state index in [0.717, 1.165) is 18.8 Å².